The van der Waals surface area contributed by atoms with Gasteiger partial charge in [0.2, 0.25) is 0 Å². The molecule has 0 bridgehead atoms. The lowest BCUT2D eigenvalue weighted by molar-refractivity contribution is 0.00228. The van der Waals surface area contributed by atoms with Crippen LogP contribution in [0.3, 0.4) is 0 Å². The molecule has 0 aromatic rings. The van der Waals surface area contributed by atoms with Crippen molar-refractivity contribution < 1.29 is 0 Å². The molecule has 8 unspecified atom stereocenters. The molecule has 2 saturated heterocycles. The third-order valence-corrected chi connectivity index (χ3v) is 22.7. The zero-order chi connectivity index (χ0) is 41.2. The lowest BCUT2D eigenvalue weighted by Crippen LogP contribution is -2.64. The number of nitrogens with zero attached hydrogens (tertiary/aromatic N) is 2. The predicted molar refractivity (Wildman–Crippen MR) is 260 cm³/mol. The van der Waals surface area contributed by atoms with Crippen molar-refractivity contribution in [2.24, 2.45) is 53.3 Å². The highest BCUT2D eigenvalue weighted by molar-refractivity contribution is 5.07. The Balaban J connectivity index is 0.671. The maximum Gasteiger partial charge on any atom is 0.0605 e. The van der Waals surface area contributed by atoms with Gasteiger partial charge in [-0.3, -0.25) is 20.4 Å². The van der Waals surface area contributed by atoms with E-state index in [1.165, 1.54) is 161 Å². The van der Waals surface area contributed by atoms with Crippen molar-refractivity contribution in [1.82, 2.24) is 20.4 Å². The van der Waals surface area contributed by atoms with Crippen LogP contribution in [-0.2, 0) is 0 Å². The average molecular weight is 853 g/mol. The summed E-state index contributed by atoms with van der Waals surface area (Å²) < 4.78 is 0. The van der Waals surface area contributed by atoms with Gasteiger partial charge in [-0.2, -0.15) is 0 Å². The molecule has 0 radical (unpaired) electrons. The normalized spacial score (nSPS) is 45.4. The van der Waals surface area contributed by atoms with E-state index >= 15 is 0 Å². The van der Waals surface area contributed by atoms with Crippen LogP contribution in [0.2, 0.25) is 0 Å². The molecule has 4 heteroatoms. The maximum absolute atomic E-state index is 4.37. The van der Waals surface area contributed by atoms with Crippen LogP contribution < -0.4 is 10.6 Å². The Kier molecular flexibility index (Phi) is 15.0. The molecule has 0 aromatic heterocycles. The molecule has 9 aliphatic carbocycles. The van der Waals surface area contributed by atoms with Crippen LogP contribution in [0.5, 0.6) is 0 Å². The van der Waals surface area contributed by atoms with Gasteiger partial charge in [0.25, 0.3) is 0 Å². The zero-order valence-electron chi connectivity index (χ0n) is 40.6. The Hall–Kier alpha value is -0.160. The number of hydrogen-bond acceptors (Lipinski definition) is 4. The first kappa shape index (κ1) is 44.4. The van der Waals surface area contributed by atoms with Gasteiger partial charge in [-0.15, -0.1) is 0 Å². The number of hydrogen-bond donors (Lipinski definition) is 2. The van der Waals surface area contributed by atoms with E-state index in [-0.39, 0.29) is 0 Å². The van der Waals surface area contributed by atoms with E-state index in [2.05, 4.69) is 20.4 Å². The summed E-state index contributed by atoms with van der Waals surface area (Å²) in [6, 6.07) is 7.19. The number of fused-ring (bicyclic) bond motifs is 3. The zero-order valence-corrected chi connectivity index (χ0v) is 40.6. The molecule has 0 amide bonds. The van der Waals surface area contributed by atoms with Crippen molar-refractivity contribution in [3.8, 4) is 0 Å². The fourth-order valence-electron chi connectivity index (χ4n) is 19.5. The van der Waals surface area contributed by atoms with Gasteiger partial charge < -0.3 is 0 Å². The van der Waals surface area contributed by atoms with Crippen molar-refractivity contribution in [3.63, 3.8) is 0 Å². The monoisotopic (exact) mass is 853 g/mol. The lowest BCUT2D eigenvalue weighted by Gasteiger charge is -2.50. The summed E-state index contributed by atoms with van der Waals surface area (Å²) in [6.07, 6.45) is 61.5. The molecule has 352 valence electrons. The van der Waals surface area contributed by atoms with Crippen LogP contribution in [0.4, 0.5) is 0 Å². The van der Waals surface area contributed by atoms with Crippen LogP contribution in [0.15, 0.2) is 0 Å². The summed E-state index contributed by atoms with van der Waals surface area (Å²) in [5.41, 5.74) is 0. The molecule has 11 fully saturated rings. The molecule has 8 atom stereocenters. The molecule has 9 saturated carbocycles. The highest BCUT2D eigenvalue weighted by Crippen LogP contribution is 2.55. The molecule has 2 N–H and O–H groups in total. The summed E-state index contributed by atoms with van der Waals surface area (Å²) in [4.78, 5) is 6.58. The number of rotatable bonds is 9. The third-order valence-electron chi connectivity index (χ3n) is 22.7. The fraction of sp³-hybridized carbons (Fsp3) is 1.00. The molecule has 2 heterocycles. The van der Waals surface area contributed by atoms with Crippen molar-refractivity contribution in [2.75, 3.05) is 0 Å². The van der Waals surface area contributed by atoms with E-state index in [0.29, 0.717) is 6.17 Å². The van der Waals surface area contributed by atoms with Gasteiger partial charge in [0.05, 0.1) is 6.17 Å². The maximum atomic E-state index is 4.37. The number of nitrogens with one attached hydrogen (secondary N) is 2. The predicted octanol–water partition coefficient (Wildman–Crippen LogP) is 14.3. The van der Waals surface area contributed by atoms with E-state index in [1.807, 2.05) is 0 Å². The highest BCUT2D eigenvalue weighted by atomic mass is 15.3. The summed E-state index contributed by atoms with van der Waals surface area (Å²) in [5, 5.41) is 8.68. The second-order valence-corrected chi connectivity index (χ2v) is 25.7. The Bertz CT molecular complexity index is 1290. The van der Waals surface area contributed by atoms with E-state index < -0.39 is 0 Å². The molecule has 2 aliphatic heterocycles. The highest BCUT2D eigenvalue weighted by Gasteiger charge is 2.54. The first-order valence-electron chi connectivity index (χ1n) is 29.8. The minimum absolute atomic E-state index is 0.603. The second-order valence-electron chi connectivity index (χ2n) is 25.7. The summed E-state index contributed by atoms with van der Waals surface area (Å²) in [6.45, 7) is 0. The summed E-state index contributed by atoms with van der Waals surface area (Å²) in [5.74, 6) is 9.05. The SMILES string of the molecule is C1CCC(C2CC(C3CCC(C4CCC(N5C6CCCCC6C6CC(C7CCC(N(C8CCCCC8)C8CCCCC8)CC7)CCC65)CC4)CC3)NC(C3CCCCC3)N2)CC1. The van der Waals surface area contributed by atoms with Gasteiger partial charge in [-0.1, -0.05) is 89.9 Å². The molecular formula is C58H100N4. The Morgan fingerprint density at radius 3 is 1.32 bits per heavy atom. The van der Waals surface area contributed by atoms with Gasteiger partial charge >= 0.3 is 0 Å². The molecule has 4 nitrogen and oxygen atoms in total. The molecule has 11 aliphatic rings. The average Bonchev–Trinajstić information content (AvgIpc) is 3.69. The molecule has 0 aromatic carbocycles. The Morgan fingerprint density at radius 2 is 0.710 bits per heavy atom. The number of likely N-dealkylation sites (tertiary alicyclic amines) is 1. The molecule has 11 rings (SSSR count). The van der Waals surface area contributed by atoms with Crippen LogP contribution in [0.25, 0.3) is 0 Å². The van der Waals surface area contributed by atoms with Crippen LogP contribution in [-0.4, -0.2) is 64.3 Å². The van der Waals surface area contributed by atoms with E-state index in [4.69, 9.17) is 0 Å². The van der Waals surface area contributed by atoms with Gasteiger partial charge in [-0.25, -0.2) is 0 Å². The van der Waals surface area contributed by atoms with Crippen molar-refractivity contribution in [3.05, 3.63) is 0 Å². The van der Waals surface area contributed by atoms with Crippen molar-refractivity contribution >= 4 is 0 Å². The van der Waals surface area contributed by atoms with Gasteiger partial charge in [0.15, 0.2) is 0 Å². The van der Waals surface area contributed by atoms with Gasteiger partial charge in [-0.05, 0) is 220 Å². The molecule has 62 heavy (non-hydrogen) atoms. The summed E-state index contributed by atoms with van der Waals surface area (Å²) in [7, 11) is 0. The Labute approximate surface area is 383 Å². The standard InChI is InChI=1S/C58H100N4/c1-5-15-44(16-6-1)54-40-55(60-58(59-54)46-17-7-2-8-18-46)45-27-25-41(26-28-45)42-29-36-51(37-30-42)62-56-24-14-13-23-52(56)53-39-47(33-38-57(53)62)43-31-34-50(35-32-43)61(48-19-9-3-10-20-48)49-21-11-4-12-22-49/h41-60H,1-40H2. The Morgan fingerprint density at radius 1 is 0.290 bits per heavy atom. The van der Waals surface area contributed by atoms with E-state index in [9.17, 15) is 0 Å². The van der Waals surface area contributed by atoms with Crippen LogP contribution in [0, 0.1) is 53.3 Å². The van der Waals surface area contributed by atoms with Crippen molar-refractivity contribution in [1.29, 1.82) is 0 Å². The first-order valence-corrected chi connectivity index (χ1v) is 29.8. The van der Waals surface area contributed by atoms with Crippen LogP contribution >= 0.6 is 0 Å². The minimum Gasteiger partial charge on any atom is -0.299 e. The third kappa shape index (κ3) is 9.74. The largest absolute Gasteiger partial charge is 0.299 e. The van der Waals surface area contributed by atoms with E-state index in [0.717, 1.165) is 102 Å². The van der Waals surface area contributed by atoms with E-state index in [1.54, 1.807) is 96.3 Å². The topological polar surface area (TPSA) is 30.5 Å². The van der Waals surface area contributed by atoms with Gasteiger partial charge in [0, 0.05) is 48.3 Å². The smallest absolute Gasteiger partial charge is 0.0605 e. The quantitative estimate of drug-likeness (QED) is 0.242. The lowest BCUT2D eigenvalue weighted by atomic mass is 9.65. The summed E-state index contributed by atoms with van der Waals surface area (Å²) >= 11 is 0. The van der Waals surface area contributed by atoms with Gasteiger partial charge in [0.1, 0.15) is 0 Å². The molecular weight excluding hydrogens is 753 g/mol. The molecule has 0 spiro atoms. The second kappa shape index (κ2) is 21.0. The van der Waals surface area contributed by atoms with Crippen LogP contribution in [0.1, 0.15) is 257 Å². The fourth-order valence-corrected chi connectivity index (χ4v) is 19.5. The first-order chi connectivity index (χ1) is 30.7. The van der Waals surface area contributed by atoms with Crippen molar-refractivity contribution in [2.45, 2.75) is 311 Å². The minimum atomic E-state index is 0.603.